The molecule has 0 bridgehead atoms. The lowest BCUT2D eigenvalue weighted by molar-refractivity contribution is -0.124. The second kappa shape index (κ2) is 9.08. The van der Waals surface area contributed by atoms with Crippen LogP contribution in [0.15, 0.2) is 53.4 Å². The highest BCUT2D eigenvalue weighted by atomic mass is 35.5. The predicted octanol–water partition coefficient (Wildman–Crippen LogP) is 4.50. The van der Waals surface area contributed by atoms with E-state index in [9.17, 15) is 13.2 Å². The van der Waals surface area contributed by atoms with Crippen molar-refractivity contribution in [1.29, 1.82) is 0 Å². The van der Waals surface area contributed by atoms with Crippen LogP contribution in [-0.4, -0.2) is 31.2 Å². The van der Waals surface area contributed by atoms with Crippen molar-refractivity contribution < 1.29 is 13.2 Å². The molecule has 0 spiro atoms. The summed E-state index contributed by atoms with van der Waals surface area (Å²) in [7, 11) is -3.89. The molecule has 0 saturated carbocycles. The summed E-state index contributed by atoms with van der Waals surface area (Å²) < 4.78 is 28.4. The minimum atomic E-state index is -3.89. The number of carbonyl (C=O) groups is 1. The van der Waals surface area contributed by atoms with Gasteiger partial charge in [0.1, 0.15) is 6.04 Å². The molecule has 0 unspecified atom stereocenters. The van der Waals surface area contributed by atoms with Crippen LogP contribution < -0.4 is 5.32 Å². The fourth-order valence-electron chi connectivity index (χ4n) is 3.59. The van der Waals surface area contributed by atoms with Crippen LogP contribution in [0, 0.1) is 0 Å². The Balaban J connectivity index is 1.99. The van der Waals surface area contributed by atoms with Crippen LogP contribution in [0.25, 0.3) is 0 Å². The number of benzene rings is 2. The lowest BCUT2D eigenvalue weighted by atomic mass is 9.87. The van der Waals surface area contributed by atoms with Crippen molar-refractivity contribution >= 4 is 27.5 Å². The Morgan fingerprint density at radius 1 is 1.03 bits per heavy atom. The summed E-state index contributed by atoms with van der Waals surface area (Å²) >= 11 is 5.94. The molecule has 1 fully saturated rings. The number of halogens is 1. The van der Waals surface area contributed by atoms with Crippen molar-refractivity contribution in [2.24, 2.45) is 0 Å². The highest BCUT2D eigenvalue weighted by Gasteiger charge is 2.36. The molecule has 162 valence electrons. The first-order valence-electron chi connectivity index (χ1n) is 10.2. The summed E-state index contributed by atoms with van der Waals surface area (Å²) in [5.74, 6) is -0.239. The van der Waals surface area contributed by atoms with Crippen molar-refractivity contribution in [2.45, 2.75) is 62.9 Å². The molecule has 1 aliphatic heterocycles. The average Bonchev–Trinajstić information content (AvgIpc) is 2.90. The van der Waals surface area contributed by atoms with Crippen LogP contribution in [0.4, 0.5) is 0 Å². The Hall–Kier alpha value is -1.89. The summed E-state index contributed by atoms with van der Waals surface area (Å²) in [6.07, 6.45) is 2.13. The van der Waals surface area contributed by atoms with E-state index in [0.717, 1.165) is 18.4 Å². The molecule has 2 aromatic rings. The van der Waals surface area contributed by atoms with E-state index >= 15 is 0 Å². The Labute approximate surface area is 184 Å². The zero-order valence-corrected chi connectivity index (χ0v) is 19.3. The first-order valence-corrected chi connectivity index (χ1v) is 12.1. The maximum atomic E-state index is 13.5. The Morgan fingerprint density at radius 2 is 1.67 bits per heavy atom. The van der Waals surface area contributed by atoms with E-state index in [1.807, 2.05) is 24.3 Å². The minimum absolute atomic E-state index is 0.00870. The first kappa shape index (κ1) is 22.8. The molecule has 0 radical (unpaired) electrons. The third kappa shape index (κ3) is 5.23. The second-order valence-corrected chi connectivity index (χ2v) is 11.1. The third-order valence-electron chi connectivity index (χ3n) is 5.43. The summed E-state index contributed by atoms with van der Waals surface area (Å²) in [4.78, 5) is 12.9. The number of hydrogen-bond donors (Lipinski definition) is 1. The van der Waals surface area contributed by atoms with Gasteiger partial charge in [-0.15, -0.1) is 0 Å². The van der Waals surface area contributed by atoms with E-state index in [1.54, 1.807) is 12.1 Å². The molecule has 1 N–H and O–H groups in total. The van der Waals surface area contributed by atoms with Gasteiger partial charge in [-0.05, 0) is 60.1 Å². The zero-order chi connectivity index (χ0) is 21.9. The Bertz CT molecular complexity index is 981. The molecule has 1 saturated heterocycles. The van der Waals surface area contributed by atoms with Crippen LogP contribution in [-0.2, 0) is 26.8 Å². The number of rotatable bonds is 5. The van der Waals surface area contributed by atoms with Crippen LogP contribution in [0.3, 0.4) is 0 Å². The molecule has 0 aliphatic carbocycles. The van der Waals surface area contributed by atoms with Gasteiger partial charge < -0.3 is 5.32 Å². The van der Waals surface area contributed by atoms with Gasteiger partial charge in [-0.3, -0.25) is 4.79 Å². The van der Waals surface area contributed by atoms with Crippen LogP contribution >= 0.6 is 11.6 Å². The van der Waals surface area contributed by atoms with Gasteiger partial charge in [-0.2, -0.15) is 4.31 Å². The number of carbonyl (C=O) groups excluding carboxylic acids is 1. The van der Waals surface area contributed by atoms with Crippen LogP contribution in [0.1, 0.15) is 51.2 Å². The van der Waals surface area contributed by atoms with Gasteiger partial charge >= 0.3 is 0 Å². The maximum absolute atomic E-state index is 13.5. The van der Waals surface area contributed by atoms with Crippen molar-refractivity contribution in [3.05, 3.63) is 64.7 Å². The van der Waals surface area contributed by atoms with Gasteiger partial charge in [0.15, 0.2) is 0 Å². The van der Waals surface area contributed by atoms with Gasteiger partial charge in [0, 0.05) is 18.1 Å². The molecule has 1 amide bonds. The van der Waals surface area contributed by atoms with E-state index in [-0.39, 0.29) is 22.8 Å². The Morgan fingerprint density at radius 3 is 2.27 bits per heavy atom. The largest absolute Gasteiger partial charge is 0.355 e. The molecular formula is C23H29ClN2O3S. The van der Waals surface area contributed by atoms with Crippen molar-refractivity contribution in [3.63, 3.8) is 0 Å². The van der Waals surface area contributed by atoms with Gasteiger partial charge in [-0.25, -0.2) is 8.42 Å². The highest BCUT2D eigenvalue weighted by Crippen LogP contribution is 2.27. The predicted molar refractivity (Wildman–Crippen MR) is 120 cm³/mol. The molecule has 3 rings (SSSR count). The van der Waals surface area contributed by atoms with Gasteiger partial charge in [0.25, 0.3) is 0 Å². The normalized spacial score (nSPS) is 18.2. The molecule has 1 aliphatic rings. The van der Waals surface area contributed by atoms with Crippen molar-refractivity contribution in [2.75, 3.05) is 6.54 Å². The van der Waals surface area contributed by atoms with E-state index in [0.29, 0.717) is 18.0 Å². The van der Waals surface area contributed by atoms with Gasteiger partial charge in [-0.1, -0.05) is 56.6 Å². The fourth-order valence-corrected chi connectivity index (χ4v) is 5.32. The lowest BCUT2D eigenvalue weighted by Crippen LogP contribution is -2.48. The van der Waals surface area contributed by atoms with E-state index < -0.39 is 16.1 Å². The maximum Gasteiger partial charge on any atom is 0.244 e. The summed E-state index contributed by atoms with van der Waals surface area (Å²) in [5, 5.41) is 3.32. The van der Waals surface area contributed by atoms with Gasteiger partial charge in [0.05, 0.1) is 4.90 Å². The van der Waals surface area contributed by atoms with E-state index in [2.05, 4.69) is 26.1 Å². The molecule has 7 heteroatoms. The monoisotopic (exact) mass is 448 g/mol. The number of nitrogens with one attached hydrogen (secondary N) is 1. The lowest BCUT2D eigenvalue weighted by Gasteiger charge is -2.29. The Kier molecular flexibility index (Phi) is 6.90. The quantitative estimate of drug-likeness (QED) is 0.732. The average molecular weight is 449 g/mol. The third-order valence-corrected chi connectivity index (χ3v) is 7.55. The molecule has 1 heterocycles. The minimum Gasteiger partial charge on any atom is -0.355 e. The first-order chi connectivity index (χ1) is 14.1. The van der Waals surface area contributed by atoms with Crippen LogP contribution in [0.2, 0.25) is 5.02 Å². The molecule has 30 heavy (non-hydrogen) atoms. The molecular weight excluding hydrogens is 420 g/mol. The zero-order valence-electron chi connectivity index (χ0n) is 17.7. The molecule has 5 nitrogen and oxygen atoms in total. The SMILES string of the molecule is CC(C)(C)c1ccc(CN([C@@H]2CCCCNC2=O)S(=O)(=O)c2ccc(Cl)cc2)cc1. The summed E-state index contributed by atoms with van der Waals surface area (Å²) in [6.45, 7) is 7.11. The molecule has 2 aromatic carbocycles. The number of amides is 1. The summed E-state index contributed by atoms with van der Waals surface area (Å²) in [5.41, 5.74) is 2.03. The molecule has 0 aromatic heterocycles. The van der Waals surface area contributed by atoms with E-state index in [4.69, 9.17) is 11.6 Å². The molecule has 1 atom stereocenters. The summed E-state index contributed by atoms with van der Waals surface area (Å²) in [6, 6.07) is 13.3. The van der Waals surface area contributed by atoms with Crippen LogP contribution in [0.5, 0.6) is 0 Å². The topological polar surface area (TPSA) is 66.5 Å². The highest BCUT2D eigenvalue weighted by molar-refractivity contribution is 7.89. The second-order valence-electron chi connectivity index (χ2n) is 8.75. The standard InChI is InChI=1S/C23H29ClN2O3S/c1-23(2,3)18-9-7-17(8-10-18)16-26(21-6-4-5-15-25-22(21)27)30(28,29)20-13-11-19(24)12-14-20/h7-14,21H,4-6,15-16H2,1-3H3,(H,25,27)/t21-/m1/s1. The number of sulfonamides is 1. The number of hydrogen-bond acceptors (Lipinski definition) is 3. The van der Waals surface area contributed by atoms with Gasteiger partial charge in [0.2, 0.25) is 15.9 Å². The van der Waals surface area contributed by atoms with Crippen molar-refractivity contribution in [1.82, 2.24) is 9.62 Å². The number of nitrogens with zero attached hydrogens (tertiary/aromatic N) is 1. The fraction of sp³-hybridized carbons (Fsp3) is 0.435. The smallest absolute Gasteiger partial charge is 0.244 e. The van der Waals surface area contributed by atoms with E-state index in [1.165, 1.54) is 22.0 Å². The van der Waals surface area contributed by atoms with Crippen molar-refractivity contribution in [3.8, 4) is 0 Å².